The topological polar surface area (TPSA) is 89.0 Å². The van der Waals surface area contributed by atoms with E-state index in [0.29, 0.717) is 43.5 Å². The lowest BCUT2D eigenvalue weighted by molar-refractivity contribution is 0.0715. The lowest BCUT2D eigenvalue weighted by atomic mass is 10.2. The molecule has 1 fully saturated rings. The van der Waals surface area contributed by atoms with Gasteiger partial charge in [0.25, 0.3) is 11.7 Å². The van der Waals surface area contributed by atoms with E-state index in [2.05, 4.69) is 20.0 Å². The Balaban J connectivity index is 1.28. The zero-order valence-corrected chi connectivity index (χ0v) is 17.4. The second-order valence-corrected chi connectivity index (χ2v) is 7.40. The van der Waals surface area contributed by atoms with Gasteiger partial charge in [-0.1, -0.05) is 0 Å². The Bertz CT molecular complexity index is 1220. The number of aryl methyl sites for hydroxylation is 1. The molecule has 4 aromatic rings. The Hall–Kier alpha value is -3.88. The number of amides is 1. The summed E-state index contributed by atoms with van der Waals surface area (Å²) < 4.78 is 12.8. The average Bonchev–Trinajstić information content (AvgIpc) is 3.48. The van der Waals surface area contributed by atoms with Crippen LogP contribution in [0.25, 0.3) is 17.1 Å². The molecule has 158 valence electrons. The van der Waals surface area contributed by atoms with Crippen molar-refractivity contribution in [3.8, 4) is 17.1 Å². The van der Waals surface area contributed by atoms with E-state index < -0.39 is 0 Å². The molecule has 0 bridgehead atoms. The van der Waals surface area contributed by atoms with Crippen LogP contribution in [0.5, 0.6) is 5.75 Å². The van der Waals surface area contributed by atoms with Crippen LogP contribution in [0.15, 0.2) is 53.2 Å². The molecule has 0 spiro atoms. The van der Waals surface area contributed by atoms with Crippen molar-refractivity contribution in [2.75, 3.05) is 38.2 Å². The van der Waals surface area contributed by atoms with Gasteiger partial charge in [0.15, 0.2) is 5.76 Å². The third-order valence-electron chi connectivity index (χ3n) is 5.44. The van der Waals surface area contributed by atoms with E-state index in [1.165, 1.54) is 6.33 Å². The molecule has 5 rings (SSSR count). The zero-order valence-electron chi connectivity index (χ0n) is 17.4. The molecular formula is C22H22N6O3. The molecule has 9 nitrogen and oxygen atoms in total. The number of carbonyl (C=O) groups is 1. The molecule has 0 atom stereocenters. The molecule has 1 amide bonds. The van der Waals surface area contributed by atoms with Gasteiger partial charge in [-0.25, -0.2) is 4.98 Å². The fourth-order valence-electron chi connectivity index (χ4n) is 3.79. The molecule has 3 aromatic heterocycles. The maximum Gasteiger partial charge on any atom is 0.289 e. The molecule has 0 radical (unpaired) electrons. The van der Waals surface area contributed by atoms with Gasteiger partial charge in [-0.15, -0.1) is 0 Å². The number of aromatic nitrogens is 4. The summed E-state index contributed by atoms with van der Waals surface area (Å²) in [5, 5.41) is 4.28. The highest BCUT2D eigenvalue weighted by Gasteiger charge is 2.26. The van der Waals surface area contributed by atoms with Crippen LogP contribution in [0.1, 0.15) is 16.2 Å². The first-order valence-corrected chi connectivity index (χ1v) is 10.1. The summed E-state index contributed by atoms with van der Waals surface area (Å²) in [7, 11) is 1.63. The predicted octanol–water partition coefficient (Wildman–Crippen LogP) is 2.66. The first kappa shape index (κ1) is 19.1. The lowest BCUT2D eigenvalue weighted by Gasteiger charge is -2.35. The summed E-state index contributed by atoms with van der Waals surface area (Å²) in [6.07, 6.45) is 1.50. The molecule has 0 N–H and O–H groups in total. The van der Waals surface area contributed by atoms with Crippen molar-refractivity contribution in [2.24, 2.45) is 0 Å². The molecule has 0 aliphatic carbocycles. The minimum atomic E-state index is -0.101. The number of hydrogen-bond donors (Lipinski definition) is 0. The monoisotopic (exact) mass is 418 g/mol. The molecule has 1 aliphatic heterocycles. The van der Waals surface area contributed by atoms with Crippen LogP contribution in [0.3, 0.4) is 0 Å². The van der Waals surface area contributed by atoms with Crippen molar-refractivity contribution in [2.45, 2.75) is 6.92 Å². The van der Waals surface area contributed by atoms with E-state index in [9.17, 15) is 4.79 Å². The SMILES string of the molecule is COc1ccc(-c2ccc(C(=O)N3CCN(c4cc(C)nc5ncnn45)CC3)o2)cc1. The van der Waals surface area contributed by atoms with Crippen LogP contribution < -0.4 is 9.64 Å². The molecule has 9 heteroatoms. The van der Waals surface area contributed by atoms with Gasteiger partial charge in [0.2, 0.25) is 0 Å². The predicted molar refractivity (Wildman–Crippen MR) is 114 cm³/mol. The van der Waals surface area contributed by atoms with Crippen LogP contribution >= 0.6 is 0 Å². The van der Waals surface area contributed by atoms with Gasteiger partial charge in [0.05, 0.1) is 7.11 Å². The molecule has 4 heterocycles. The van der Waals surface area contributed by atoms with Gasteiger partial charge in [-0.05, 0) is 43.3 Å². The van der Waals surface area contributed by atoms with Crippen LogP contribution in [0, 0.1) is 6.92 Å². The highest BCUT2D eigenvalue weighted by Crippen LogP contribution is 2.25. The lowest BCUT2D eigenvalue weighted by Crippen LogP contribution is -2.49. The summed E-state index contributed by atoms with van der Waals surface area (Å²) in [6, 6.07) is 13.1. The van der Waals surface area contributed by atoms with Gasteiger partial charge in [0.1, 0.15) is 23.7 Å². The zero-order chi connectivity index (χ0) is 21.4. The maximum atomic E-state index is 13.0. The van der Waals surface area contributed by atoms with E-state index in [4.69, 9.17) is 9.15 Å². The number of benzene rings is 1. The standard InChI is InChI=1S/C22H22N6O3/c1-15-13-20(28-22(25-15)23-14-24-28)26-9-11-27(12-10-26)21(29)19-8-7-18(31-19)16-3-5-17(30-2)6-4-16/h3-8,13-14H,9-12H2,1-2H3. The Kier molecular flexibility index (Phi) is 4.78. The van der Waals surface area contributed by atoms with Crippen LogP contribution in [0.2, 0.25) is 0 Å². The van der Waals surface area contributed by atoms with E-state index in [1.54, 1.807) is 17.7 Å². The van der Waals surface area contributed by atoms with Gasteiger partial charge < -0.3 is 19.0 Å². The van der Waals surface area contributed by atoms with Gasteiger partial charge in [0, 0.05) is 43.5 Å². The second kappa shape index (κ2) is 7.75. The largest absolute Gasteiger partial charge is 0.497 e. The summed E-state index contributed by atoms with van der Waals surface area (Å²) in [5.41, 5.74) is 1.78. The quantitative estimate of drug-likeness (QED) is 0.503. The second-order valence-electron chi connectivity index (χ2n) is 7.40. The van der Waals surface area contributed by atoms with Crippen LogP contribution in [-0.2, 0) is 0 Å². The number of anilines is 1. The molecule has 31 heavy (non-hydrogen) atoms. The Labute approximate surface area is 178 Å². The number of hydrogen-bond acceptors (Lipinski definition) is 7. The summed E-state index contributed by atoms with van der Waals surface area (Å²) in [5.74, 6) is 3.19. The Morgan fingerprint density at radius 1 is 1.06 bits per heavy atom. The minimum Gasteiger partial charge on any atom is -0.497 e. The summed E-state index contributed by atoms with van der Waals surface area (Å²) in [4.78, 5) is 25.6. The first-order chi connectivity index (χ1) is 15.1. The van der Waals surface area contributed by atoms with Gasteiger partial charge in [-0.2, -0.15) is 14.6 Å². The number of ether oxygens (including phenoxy) is 1. The van der Waals surface area contributed by atoms with Crippen molar-refractivity contribution in [1.29, 1.82) is 0 Å². The molecule has 0 saturated carbocycles. The van der Waals surface area contributed by atoms with E-state index in [1.807, 2.05) is 48.2 Å². The highest BCUT2D eigenvalue weighted by atomic mass is 16.5. The molecular weight excluding hydrogens is 396 g/mol. The fraction of sp³-hybridized carbons (Fsp3) is 0.273. The van der Waals surface area contributed by atoms with Crippen molar-refractivity contribution in [3.63, 3.8) is 0 Å². The number of rotatable bonds is 4. The molecule has 1 aliphatic rings. The molecule has 0 unspecified atom stereocenters. The Morgan fingerprint density at radius 3 is 2.58 bits per heavy atom. The number of fused-ring (bicyclic) bond motifs is 1. The van der Waals surface area contributed by atoms with Crippen LogP contribution in [-0.4, -0.2) is 63.7 Å². The smallest absolute Gasteiger partial charge is 0.289 e. The van der Waals surface area contributed by atoms with Crippen molar-refractivity contribution in [1.82, 2.24) is 24.5 Å². The number of furan rings is 1. The van der Waals surface area contributed by atoms with E-state index in [-0.39, 0.29) is 5.91 Å². The molecule has 1 aromatic carbocycles. The van der Waals surface area contributed by atoms with E-state index >= 15 is 0 Å². The normalized spacial score (nSPS) is 14.3. The number of carbonyl (C=O) groups excluding carboxylic acids is 1. The van der Waals surface area contributed by atoms with Crippen molar-refractivity contribution in [3.05, 3.63) is 60.2 Å². The van der Waals surface area contributed by atoms with Crippen LogP contribution in [0.4, 0.5) is 5.82 Å². The fourth-order valence-corrected chi connectivity index (χ4v) is 3.79. The minimum absolute atomic E-state index is 0.101. The van der Waals surface area contributed by atoms with Gasteiger partial charge >= 0.3 is 0 Å². The number of nitrogens with zero attached hydrogens (tertiary/aromatic N) is 6. The first-order valence-electron chi connectivity index (χ1n) is 10.1. The van der Waals surface area contributed by atoms with E-state index in [0.717, 1.165) is 22.8 Å². The van der Waals surface area contributed by atoms with Gasteiger partial charge in [-0.3, -0.25) is 4.79 Å². The third-order valence-corrected chi connectivity index (χ3v) is 5.44. The Morgan fingerprint density at radius 2 is 1.84 bits per heavy atom. The van der Waals surface area contributed by atoms with Crippen molar-refractivity contribution >= 4 is 17.5 Å². The third kappa shape index (κ3) is 3.58. The number of piperazine rings is 1. The molecule has 1 saturated heterocycles. The summed E-state index contributed by atoms with van der Waals surface area (Å²) >= 11 is 0. The van der Waals surface area contributed by atoms with Crippen molar-refractivity contribution < 1.29 is 13.9 Å². The highest BCUT2D eigenvalue weighted by molar-refractivity contribution is 5.92. The maximum absolute atomic E-state index is 13.0. The summed E-state index contributed by atoms with van der Waals surface area (Å²) in [6.45, 7) is 4.51. The number of methoxy groups -OCH3 is 1. The average molecular weight is 418 g/mol.